The minimum Gasteiger partial charge on any atom is -0.494 e. The van der Waals surface area contributed by atoms with Crippen molar-refractivity contribution in [3.63, 3.8) is 0 Å². The summed E-state index contributed by atoms with van der Waals surface area (Å²) in [5, 5.41) is 2.90. The summed E-state index contributed by atoms with van der Waals surface area (Å²) in [6, 6.07) is 4.31. The number of benzene rings is 1. The minimum atomic E-state index is -2.64. The summed E-state index contributed by atoms with van der Waals surface area (Å²) in [6.45, 7) is 4.03. The minimum absolute atomic E-state index is 0.0323. The molecular weight excluding hydrogens is 406 g/mol. The van der Waals surface area contributed by atoms with Crippen molar-refractivity contribution in [1.82, 2.24) is 10.2 Å². The average Bonchev–Trinajstić information content (AvgIpc) is 3.49. The Bertz CT molecular complexity index is 873. The lowest BCUT2D eigenvalue weighted by molar-refractivity contribution is -0.129. The van der Waals surface area contributed by atoms with Gasteiger partial charge in [-0.1, -0.05) is 38.7 Å². The number of methoxy groups -OCH3 is 1. The average molecular weight is 438 g/mol. The quantitative estimate of drug-likeness (QED) is 0.527. The van der Waals surface area contributed by atoms with Crippen molar-refractivity contribution in [1.29, 1.82) is 0 Å². The molecule has 1 saturated carbocycles. The molecule has 1 N–H and O–H groups in total. The second-order valence-corrected chi connectivity index (χ2v) is 8.29. The second-order valence-electron chi connectivity index (χ2n) is 7.68. The molecule has 166 valence electrons. The zero-order chi connectivity index (χ0) is 22.1. The second kappa shape index (κ2) is 11.7. The molecule has 0 aliphatic heterocycles. The van der Waals surface area contributed by atoms with Gasteiger partial charge >= 0.3 is 16.5 Å². The van der Waals surface area contributed by atoms with Gasteiger partial charge in [0.1, 0.15) is 11.4 Å². The molecule has 0 spiro atoms. The summed E-state index contributed by atoms with van der Waals surface area (Å²) in [4.78, 5) is 27.1. The van der Waals surface area contributed by atoms with E-state index >= 15 is 0 Å². The molecule has 1 aromatic rings. The first-order valence-electron chi connectivity index (χ1n) is 10.5. The SMILES string of the molecule is CCCCCCC(C)N(C(=O)Cc1ccc(OC)c(N=S(=O)=O)c1)C(=O)NC1CC1. The van der Waals surface area contributed by atoms with Gasteiger partial charge in [0.2, 0.25) is 5.91 Å². The van der Waals surface area contributed by atoms with E-state index in [1.165, 1.54) is 18.1 Å². The maximum absolute atomic E-state index is 13.1. The van der Waals surface area contributed by atoms with Crippen LogP contribution >= 0.6 is 0 Å². The van der Waals surface area contributed by atoms with Crippen LogP contribution in [0, 0.1) is 0 Å². The van der Waals surface area contributed by atoms with Crippen LogP contribution in [0.15, 0.2) is 22.6 Å². The van der Waals surface area contributed by atoms with Crippen LogP contribution in [0.25, 0.3) is 0 Å². The number of nitrogens with one attached hydrogen (secondary N) is 1. The number of amides is 3. The summed E-state index contributed by atoms with van der Waals surface area (Å²) in [7, 11) is -1.23. The van der Waals surface area contributed by atoms with Crippen LogP contribution in [0.5, 0.6) is 5.75 Å². The van der Waals surface area contributed by atoms with Crippen molar-refractivity contribution in [2.45, 2.75) is 77.3 Å². The monoisotopic (exact) mass is 437 g/mol. The van der Waals surface area contributed by atoms with Gasteiger partial charge in [-0.2, -0.15) is 8.42 Å². The molecule has 9 heteroatoms. The third-order valence-corrected chi connectivity index (χ3v) is 5.43. The van der Waals surface area contributed by atoms with Gasteiger partial charge in [-0.25, -0.2) is 4.79 Å². The lowest BCUT2D eigenvalue weighted by Gasteiger charge is -2.28. The fraction of sp³-hybridized carbons (Fsp3) is 0.619. The Labute approximate surface area is 179 Å². The van der Waals surface area contributed by atoms with Gasteiger partial charge in [-0.3, -0.25) is 9.69 Å². The highest BCUT2D eigenvalue weighted by molar-refractivity contribution is 7.61. The summed E-state index contributed by atoms with van der Waals surface area (Å²) in [6.07, 6.45) is 6.88. The number of hydrogen-bond donors (Lipinski definition) is 1. The first-order chi connectivity index (χ1) is 14.3. The highest BCUT2D eigenvalue weighted by atomic mass is 32.2. The van der Waals surface area contributed by atoms with Gasteiger partial charge in [-0.15, -0.1) is 4.36 Å². The van der Waals surface area contributed by atoms with E-state index < -0.39 is 10.5 Å². The van der Waals surface area contributed by atoms with Gasteiger partial charge in [0.05, 0.1) is 13.5 Å². The molecule has 1 unspecified atom stereocenters. The number of nitrogens with zero attached hydrogens (tertiary/aromatic N) is 2. The third kappa shape index (κ3) is 7.44. The molecule has 30 heavy (non-hydrogen) atoms. The normalized spacial score (nSPS) is 14.0. The van der Waals surface area contributed by atoms with Crippen LogP contribution in [0.1, 0.15) is 64.4 Å². The fourth-order valence-corrected chi connectivity index (χ4v) is 3.59. The zero-order valence-electron chi connectivity index (χ0n) is 17.9. The standard InChI is InChI=1S/C21H31N3O5S/c1-4-5-6-7-8-15(2)24(21(26)22-17-10-11-17)20(25)14-16-9-12-19(29-3)18(13-16)23-30(27)28/h9,12-13,15,17H,4-8,10-11,14H2,1-3H3,(H,22,26). The van der Waals surface area contributed by atoms with Crippen LogP contribution in [0.4, 0.5) is 10.5 Å². The molecule has 1 atom stereocenters. The van der Waals surface area contributed by atoms with Crippen LogP contribution in [0.2, 0.25) is 0 Å². The molecular formula is C21H31N3O5S. The summed E-state index contributed by atoms with van der Waals surface area (Å²) in [5.41, 5.74) is 0.685. The summed E-state index contributed by atoms with van der Waals surface area (Å²) in [5.74, 6) is -0.0291. The summed E-state index contributed by atoms with van der Waals surface area (Å²) < 4.78 is 30.5. The summed E-state index contributed by atoms with van der Waals surface area (Å²) >= 11 is 0. The highest BCUT2D eigenvalue weighted by Gasteiger charge is 2.31. The Morgan fingerprint density at radius 3 is 2.60 bits per heavy atom. The van der Waals surface area contributed by atoms with Gasteiger partial charge in [0, 0.05) is 12.1 Å². The molecule has 1 aliphatic rings. The number of carbonyl (C=O) groups excluding carboxylic acids is 2. The maximum Gasteiger partial charge on any atom is 0.324 e. The van der Waals surface area contributed by atoms with Crippen molar-refractivity contribution in [3.05, 3.63) is 23.8 Å². The van der Waals surface area contributed by atoms with Gasteiger partial charge < -0.3 is 10.1 Å². The lowest BCUT2D eigenvalue weighted by atomic mass is 10.1. The first kappa shape index (κ1) is 23.9. The van der Waals surface area contributed by atoms with Crippen LogP contribution < -0.4 is 10.1 Å². The van der Waals surface area contributed by atoms with Gasteiger partial charge in [0.15, 0.2) is 0 Å². The molecule has 1 aliphatic carbocycles. The van der Waals surface area contributed by atoms with Crippen molar-refractivity contribution in [2.75, 3.05) is 7.11 Å². The molecule has 8 nitrogen and oxygen atoms in total. The Balaban J connectivity index is 2.16. The molecule has 0 radical (unpaired) electrons. The number of carbonyl (C=O) groups is 2. The van der Waals surface area contributed by atoms with E-state index in [-0.39, 0.29) is 36.1 Å². The Morgan fingerprint density at radius 1 is 1.27 bits per heavy atom. The topological polar surface area (TPSA) is 105 Å². The molecule has 0 aromatic heterocycles. The molecule has 1 fully saturated rings. The van der Waals surface area contributed by atoms with Crippen LogP contribution in [-0.4, -0.2) is 44.4 Å². The van der Waals surface area contributed by atoms with Gasteiger partial charge in [0.25, 0.3) is 0 Å². The Hall–Kier alpha value is -2.42. The van der Waals surface area contributed by atoms with E-state index in [1.54, 1.807) is 12.1 Å². The first-order valence-corrected chi connectivity index (χ1v) is 11.5. The number of urea groups is 1. The van der Waals surface area contributed by atoms with Crippen molar-refractivity contribution >= 4 is 28.1 Å². The van der Waals surface area contributed by atoms with E-state index in [4.69, 9.17) is 4.74 Å². The zero-order valence-corrected chi connectivity index (χ0v) is 18.7. The highest BCUT2D eigenvalue weighted by Crippen LogP contribution is 2.29. The van der Waals surface area contributed by atoms with Crippen LogP contribution in [0.3, 0.4) is 0 Å². The van der Waals surface area contributed by atoms with E-state index in [2.05, 4.69) is 16.6 Å². The number of hydrogen-bond acceptors (Lipinski definition) is 6. The smallest absolute Gasteiger partial charge is 0.324 e. The fourth-order valence-electron chi connectivity index (χ4n) is 3.28. The van der Waals surface area contributed by atoms with Crippen molar-refractivity contribution < 1.29 is 22.7 Å². The van der Waals surface area contributed by atoms with E-state index in [9.17, 15) is 18.0 Å². The predicted octanol–water partition coefficient (Wildman–Crippen LogP) is 3.99. The van der Waals surface area contributed by atoms with Crippen molar-refractivity contribution in [2.24, 2.45) is 4.36 Å². The molecule has 2 rings (SSSR count). The largest absolute Gasteiger partial charge is 0.494 e. The van der Waals surface area contributed by atoms with Crippen LogP contribution in [-0.2, 0) is 21.7 Å². The van der Waals surface area contributed by atoms with Gasteiger partial charge in [-0.05, 0) is 43.9 Å². The Morgan fingerprint density at radius 2 is 2.00 bits per heavy atom. The van der Waals surface area contributed by atoms with E-state index in [1.807, 2.05) is 6.92 Å². The molecule has 0 heterocycles. The molecule has 0 bridgehead atoms. The van der Waals surface area contributed by atoms with E-state index in [0.29, 0.717) is 11.3 Å². The Kier molecular flexibility index (Phi) is 9.29. The number of rotatable bonds is 11. The van der Waals surface area contributed by atoms with Crippen molar-refractivity contribution in [3.8, 4) is 5.75 Å². The maximum atomic E-state index is 13.1. The third-order valence-electron chi connectivity index (χ3n) is 5.08. The van der Waals surface area contributed by atoms with E-state index in [0.717, 1.165) is 44.9 Å². The number of unbranched alkanes of at least 4 members (excludes halogenated alkanes) is 3. The number of ether oxygens (including phenoxy) is 1. The predicted molar refractivity (Wildman–Crippen MR) is 114 cm³/mol. The number of imide groups is 1. The molecule has 3 amide bonds. The lowest BCUT2D eigenvalue weighted by Crippen LogP contribution is -2.49. The molecule has 0 saturated heterocycles. The molecule has 1 aromatic carbocycles.